The van der Waals surface area contributed by atoms with Gasteiger partial charge in [-0.2, -0.15) is 21.6 Å². The molecule has 10 heteroatoms. The van der Waals surface area contributed by atoms with Crippen molar-refractivity contribution < 1.29 is 35.7 Å². The molecule has 0 aromatic rings. The topological polar surface area (TPSA) is 80.7 Å². The molecule has 114 valence electrons. The fourth-order valence-electron chi connectivity index (χ4n) is 0.867. The number of ether oxygens (including phenoxy) is 1. The first-order valence-corrected chi connectivity index (χ1v) is 7.50. The molecule has 19 heavy (non-hydrogen) atoms. The Morgan fingerprint density at radius 3 is 2.05 bits per heavy atom. The molecular formula is C9H14BrF3O5S. The van der Waals surface area contributed by atoms with Gasteiger partial charge < -0.3 is 4.74 Å². The zero-order chi connectivity index (χ0) is 15.6. The van der Waals surface area contributed by atoms with Gasteiger partial charge in [0.2, 0.25) is 6.10 Å². The molecule has 0 saturated carbocycles. The summed E-state index contributed by atoms with van der Waals surface area (Å²) in [5.41, 5.74) is 0. The number of hydrogen-bond acceptors (Lipinski definition) is 4. The van der Waals surface area contributed by atoms with Crippen LogP contribution in [0, 0.1) is 5.92 Å². The summed E-state index contributed by atoms with van der Waals surface area (Å²) in [6.45, 7) is 4.45. The lowest BCUT2D eigenvalue weighted by Crippen LogP contribution is -2.45. The van der Waals surface area contributed by atoms with Gasteiger partial charge in [-0.25, -0.2) is 0 Å². The summed E-state index contributed by atoms with van der Waals surface area (Å²) in [6.07, 6.45) is -8.00. The number of esters is 1. The van der Waals surface area contributed by atoms with E-state index >= 15 is 0 Å². The van der Waals surface area contributed by atoms with Crippen LogP contribution in [0.1, 0.15) is 20.8 Å². The third kappa shape index (κ3) is 6.09. The van der Waals surface area contributed by atoms with Crippen molar-refractivity contribution in [3.05, 3.63) is 0 Å². The summed E-state index contributed by atoms with van der Waals surface area (Å²) in [4.78, 5) is 11.6. The molecule has 0 heterocycles. The van der Waals surface area contributed by atoms with Crippen LogP contribution in [0.25, 0.3) is 0 Å². The highest BCUT2D eigenvalue weighted by molar-refractivity contribution is 9.10. The van der Waals surface area contributed by atoms with E-state index in [9.17, 15) is 26.4 Å². The van der Waals surface area contributed by atoms with Crippen molar-refractivity contribution in [1.29, 1.82) is 0 Å². The molecule has 2 atom stereocenters. The summed E-state index contributed by atoms with van der Waals surface area (Å²) in [6, 6.07) is 0. The van der Waals surface area contributed by atoms with Crippen LogP contribution < -0.4 is 0 Å². The SMILES string of the molecule is CC(C)C(C)(Br)C(=O)OC(CS(=O)(=O)O)C(F)(F)F. The first-order valence-electron chi connectivity index (χ1n) is 5.09. The molecule has 0 aliphatic rings. The average molecular weight is 371 g/mol. The predicted octanol–water partition coefficient (Wildman–Crippen LogP) is 2.16. The van der Waals surface area contributed by atoms with Crippen LogP contribution in [0.4, 0.5) is 13.2 Å². The van der Waals surface area contributed by atoms with Crippen LogP contribution in [0.3, 0.4) is 0 Å². The van der Waals surface area contributed by atoms with Gasteiger partial charge in [0.25, 0.3) is 10.1 Å². The Morgan fingerprint density at radius 1 is 1.37 bits per heavy atom. The molecule has 0 fully saturated rings. The molecule has 0 radical (unpaired) electrons. The van der Waals surface area contributed by atoms with E-state index < -0.39 is 38.4 Å². The minimum atomic E-state index is -5.09. The van der Waals surface area contributed by atoms with Crippen molar-refractivity contribution in [3.63, 3.8) is 0 Å². The van der Waals surface area contributed by atoms with Crippen molar-refractivity contribution in [2.24, 2.45) is 5.92 Å². The Kier molecular flexibility index (Phi) is 5.85. The molecule has 5 nitrogen and oxygen atoms in total. The number of carbonyl (C=O) groups is 1. The van der Waals surface area contributed by atoms with Gasteiger partial charge in [0.1, 0.15) is 10.1 Å². The number of hydrogen-bond donors (Lipinski definition) is 1. The highest BCUT2D eigenvalue weighted by atomic mass is 79.9. The average Bonchev–Trinajstić information content (AvgIpc) is 2.12. The Balaban J connectivity index is 5.11. The predicted molar refractivity (Wildman–Crippen MR) is 64.5 cm³/mol. The molecule has 0 aliphatic heterocycles. The van der Waals surface area contributed by atoms with Crippen molar-refractivity contribution in [2.45, 2.75) is 37.4 Å². The second-order valence-corrected chi connectivity index (χ2v) is 7.56. The van der Waals surface area contributed by atoms with Crippen LogP contribution in [0.5, 0.6) is 0 Å². The van der Waals surface area contributed by atoms with Gasteiger partial charge in [0.15, 0.2) is 0 Å². The molecule has 2 unspecified atom stereocenters. The molecule has 0 aromatic heterocycles. The summed E-state index contributed by atoms with van der Waals surface area (Å²) in [5.74, 6) is -3.38. The lowest BCUT2D eigenvalue weighted by Gasteiger charge is -2.28. The van der Waals surface area contributed by atoms with Crippen LogP contribution in [-0.4, -0.2) is 41.3 Å². The molecule has 0 amide bonds. The molecule has 0 spiro atoms. The van der Waals surface area contributed by atoms with E-state index in [0.29, 0.717) is 0 Å². The van der Waals surface area contributed by atoms with E-state index in [1.54, 1.807) is 13.8 Å². The molecular weight excluding hydrogens is 357 g/mol. The Hall–Kier alpha value is -0.350. The molecule has 0 rings (SSSR count). The molecule has 1 N–H and O–H groups in total. The van der Waals surface area contributed by atoms with Gasteiger partial charge in [-0.15, -0.1) is 0 Å². The van der Waals surface area contributed by atoms with Crippen LogP contribution >= 0.6 is 15.9 Å². The van der Waals surface area contributed by atoms with Gasteiger partial charge in [-0.1, -0.05) is 29.8 Å². The Morgan fingerprint density at radius 2 is 1.79 bits per heavy atom. The van der Waals surface area contributed by atoms with Crippen molar-refractivity contribution >= 4 is 32.0 Å². The third-order valence-electron chi connectivity index (χ3n) is 2.46. The van der Waals surface area contributed by atoms with Gasteiger partial charge in [-0.05, 0) is 12.8 Å². The second-order valence-electron chi connectivity index (χ2n) is 4.41. The zero-order valence-electron chi connectivity index (χ0n) is 10.4. The minimum absolute atomic E-state index is 0.389. The zero-order valence-corrected chi connectivity index (χ0v) is 12.8. The summed E-state index contributed by atoms with van der Waals surface area (Å²) in [5, 5.41) is 0. The maximum Gasteiger partial charge on any atom is 0.426 e. The first-order chi connectivity index (χ1) is 8.18. The van der Waals surface area contributed by atoms with Crippen molar-refractivity contribution in [2.75, 3.05) is 5.75 Å². The van der Waals surface area contributed by atoms with E-state index in [4.69, 9.17) is 4.55 Å². The van der Waals surface area contributed by atoms with E-state index in [-0.39, 0.29) is 5.92 Å². The maximum atomic E-state index is 12.5. The van der Waals surface area contributed by atoms with Gasteiger partial charge in [0.05, 0.1) is 0 Å². The summed E-state index contributed by atoms with van der Waals surface area (Å²) < 4.78 is 69.8. The maximum absolute atomic E-state index is 12.5. The highest BCUT2D eigenvalue weighted by Crippen LogP contribution is 2.32. The van der Waals surface area contributed by atoms with Gasteiger partial charge in [-0.3, -0.25) is 9.35 Å². The monoisotopic (exact) mass is 370 g/mol. The normalized spacial score (nSPS) is 17.9. The molecule has 0 saturated heterocycles. The third-order valence-corrected chi connectivity index (χ3v) is 4.42. The first kappa shape index (κ1) is 18.7. The van der Waals surface area contributed by atoms with Gasteiger partial charge in [0, 0.05) is 0 Å². The quantitative estimate of drug-likeness (QED) is 0.455. The van der Waals surface area contributed by atoms with Crippen molar-refractivity contribution in [3.8, 4) is 0 Å². The standard InChI is InChI=1S/C9H14BrF3O5S/c1-5(2)8(3,10)7(14)18-6(9(11,12)13)4-19(15,16)17/h5-6H,4H2,1-3H3,(H,15,16,17). The Bertz CT molecular complexity index is 430. The van der Waals surface area contributed by atoms with E-state index in [2.05, 4.69) is 20.7 Å². The van der Waals surface area contributed by atoms with Crippen molar-refractivity contribution in [1.82, 2.24) is 0 Å². The number of carbonyl (C=O) groups excluding carboxylic acids is 1. The number of alkyl halides is 4. The Labute approximate surface area is 117 Å². The van der Waals surface area contributed by atoms with Crippen LogP contribution in [0.15, 0.2) is 0 Å². The second kappa shape index (κ2) is 5.96. The highest BCUT2D eigenvalue weighted by Gasteiger charge is 2.48. The smallest absolute Gasteiger partial charge is 0.426 e. The fourth-order valence-corrected chi connectivity index (χ4v) is 1.60. The largest absolute Gasteiger partial charge is 0.450 e. The minimum Gasteiger partial charge on any atom is -0.450 e. The van der Waals surface area contributed by atoms with E-state index in [0.717, 1.165) is 0 Å². The summed E-state index contributed by atoms with van der Waals surface area (Å²) in [7, 11) is -4.93. The van der Waals surface area contributed by atoms with E-state index in [1.165, 1.54) is 6.92 Å². The molecule has 0 aromatic carbocycles. The lowest BCUT2D eigenvalue weighted by molar-refractivity contribution is -0.216. The lowest BCUT2D eigenvalue weighted by atomic mass is 9.98. The number of rotatable bonds is 5. The molecule has 0 aliphatic carbocycles. The summed E-state index contributed by atoms with van der Waals surface area (Å²) >= 11 is 2.93. The number of halogens is 4. The van der Waals surface area contributed by atoms with Crippen LogP contribution in [-0.2, 0) is 19.6 Å². The van der Waals surface area contributed by atoms with E-state index in [1.807, 2.05) is 0 Å². The fraction of sp³-hybridized carbons (Fsp3) is 0.889. The van der Waals surface area contributed by atoms with Gasteiger partial charge >= 0.3 is 12.1 Å². The molecule has 0 bridgehead atoms. The van der Waals surface area contributed by atoms with Crippen LogP contribution in [0.2, 0.25) is 0 Å².